The molecule has 0 aliphatic rings. The van der Waals surface area contributed by atoms with Gasteiger partial charge in [0.15, 0.2) is 0 Å². The van der Waals surface area contributed by atoms with Gasteiger partial charge in [-0.05, 0) is 62.2 Å². The summed E-state index contributed by atoms with van der Waals surface area (Å²) >= 11 is 1.58. The van der Waals surface area contributed by atoms with Crippen molar-refractivity contribution in [3.63, 3.8) is 0 Å². The van der Waals surface area contributed by atoms with E-state index in [1.165, 1.54) is 10.9 Å². The minimum Gasteiger partial charge on any atom is -0.462 e. The minimum absolute atomic E-state index is 0.0740. The molecule has 6 heteroatoms. The first-order valence-electron chi connectivity index (χ1n) is 9.54. The van der Waals surface area contributed by atoms with E-state index in [4.69, 9.17) is 9.72 Å². The number of anilines is 1. The molecule has 5 nitrogen and oxygen atoms in total. The zero-order valence-corrected chi connectivity index (χ0v) is 17.6. The van der Waals surface area contributed by atoms with Gasteiger partial charge < -0.3 is 10.1 Å². The van der Waals surface area contributed by atoms with E-state index >= 15 is 0 Å². The van der Waals surface area contributed by atoms with Crippen molar-refractivity contribution in [3.8, 4) is 0 Å². The number of ether oxygens (including phenoxy) is 1. The number of rotatable bonds is 7. The van der Waals surface area contributed by atoms with Crippen molar-refractivity contribution in [2.75, 3.05) is 17.7 Å². The van der Waals surface area contributed by atoms with Crippen molar-refractivity contribution >= 4 is 40.2 Å². The van der Waals surface area contributed by atoms with E-state index in [0.717, 1.165) is 16.1 Å². The summed E-state index contributed by atoms with van der Waals surface area (Å²) in [7, 11) is 0. The molecule has 3 aromatic rings. The first kappa shape index (κ1) is 20.9. The van der Waals surface area contributed by atoms with Gasteiger partial charge in [-0.25, -0.2) is 9.78 Å². The number of hydrogen-bond acceptors (Lipinski definition) is 5. The number of pyridine rings is 1. The van der Waals surface area contributed by atoms with Gasteiger partial charge in [-0.3, -0.25) is 4.79 Å². The molecule has 2 aromatic carbocycles. The number of esters is 1. The molecule has 150 valence electrons. The van der Waals surface area contributed by atoms with Crippen molar-refractivity contribution < 1.29 is 14.3 Å². The highest BCUT2D eigenvalue weighted by atomic mass is 32.2. The average molecular weight is 409 g/mol. The average Bonchev–Trinajstić information content (AvgIpc) is 2.69. The van der Waals surface area contributed by atoms with Crippen molar-refractivity contribution in [3.05, 3.63) is 65.2 Å². The number of aromatic nitrogens is 1. The molecule has 0 aliphatic carbocycles. The van der Waals surface area contributed by atoms with Crippen molar-refractivity contribution in [2.45, 2.75) is 32.2 Å². The second-order valence-corrected chi connectivity index (χ2v) is 7.81. The molecule has 3 rings (SSSR count). The quantitative estimate of drug-likeness (QED) is 0.433. The highest BCUT2D eigenvalue weighted by Gasteiger charge is 2.09. The number of fused-ring (bicyclic) bond motifs is 1. The van der Waals surface area contributed by atoms with Gasteiger partial charge >= 0.3 is 5.97 Å². The second kappa shape index (κ2) is 9.56. The Balaban J connectivity index is 1.54. The van der Waals surface area contributed by atoms with Gasteiger partial charge in [0.05, 0.1) is 22.7 Å². The molecule has 1 heterocycles. The molecular formula is C23H24N2O3S. The van der Waals surface area contributed by atoms with E-state index in [-0.39, 0.29) is 11.9 Å². The van der Waals surface area contributed by atoms with Crippen LogP contribution in [-0.4, -0.2) is 29.2 Å². The van der Waals surface area contributed by atoms with Crippen molar-refractivity contribution in [2.24, 2.45) is 0 Å². The molecular weight excluding hydrogens is 384 g/mol. The largest absolute Gasteiger partial charge is 0.462 e. The third-order valence-corrected chi connectivity index (χ3v) is 5.40. The maximum Gasteiger partial charge on any atom is 0.338 e. The Labute approximate surface area is 174 Å². The Kier molecular flexibility index (Phi) is 6.88. The maximum atomic E-state index is 12.2. The summed E-state index contributed by atoms with van der Waals surface area (Å²) in [5.74, 6) is 0.196. The Hall–Kier alpha value is -2.86. The van der Waals surface area contributed by atoms with Crippen LogP contribution in [0.5, 0.6) is 0 Å². The third kappa shape index (κ3) is 5.35. The first-order chi connectivity index (χ1) is 14.0. The highest BCUT2D eigenvalue weighted by Crippen LogP contribution is 2.26. The molecule has 0 fully saturated rings. The number of nitrogens with zero attached hydrogens (tertiary/aromatic N) is 1. The third-order valence-electron chi connectivity index (χ3n) is 4.48. The van der Waals surface area contributed by atoms with E-state index in [9.17, 15) is 9.59 Å². The Morgan fingerprint density at radius 3 is 2.55 bits per heavy atom. The fraction of sp³-hybridized carbons (Fsp3) is 0.261. The van der Waals surface area contributed by atoms with Gasteiger partial charge in [0.2, 0.25) is 5.91 Å². The van der Waals surface area contributed by atoms with Crippen LogP contribution in [0, 0.1) is 13.8 Å². The lowest BCUT2D eigenvalue weighted by Crippen LogP contribution is -2.12. The number of carbonyl (C=O) groups is 2. The lowest BCUT2D eigenvalue weighted by Gasteiger charge is -2.09. The van der Waals surface area contributed by atoms with Crippen LogP contribution in [0.25, 0.3) is 10.9 Å². The minimum atomic E-state index is -0.366. The van der Waals surface area contributed by atoms with Gasteiger partial charge in [0, 0.05) is 23.2 Å². The van der Waals surface area contributed by atoms with Crippen LogP contribution in [0.2, 0.25) is 0 Å². The van der Waals surface area contributed by atoms with Crippen LogP contribution in [0.3, 0.4) is 0 Å². The zero-order valence-electron chi connectivity index (χ0n) is 16.8. The topological polar surface area (TPSA) is 68.3 Å². The smallest absolute Gasteiger partial charge is 0.338 e. The summed E-state index contributed by atoms with van der Waals surface area (Å²) in [6, 6.07) is 15.0. The summed E-state index contributed by atoms with van der Waals surface area (Å²) in [6.45, 7) is 6.24. The molecule has 0 atom stereocenters. The molecule has 0 radical (unpaired) electrons. The van der Waals surface area contributed by atoms with Crippen molar-refractivity contribution in [1.82, 2.24) is 4.98 Å². The van der Waals surface area contributed by atoms with Crippen LogP contribution in [0.4, 0.5) is 5.69 Å². The van der Waals surface area contributed by atoms with E-state index in [1.807, 2.05) is 6.07 Å². The monoisotopic (exact) mass is 408 g/mol. The second-order valence-electron chi connectivity index (χ2n) is 6.69. The van der Waals surface area contributed by atoms with E-state index in [2.05, 4.69) is 37.4 Å². The molecule has 1 amide bonds. The van der Waals surface area contributed by atoms with Crippen LogP contribution in [0.15, 0.2) is 53.6 Å². The summed E-state index contributed by atoms with van der Waals surface area (Å²) in [6.07, 6.45) is 0.372. The predicted molar refractivity (Wildman–Crippen MR) is 118 cm³/mol. The number of aryl methyl sites for hydroxylation is 2. The van der Waals surface area contributed by atoms with Crippen LogP contribution >= 0.6 is 11.8 Å². The SMILES string of the molecule is CCOC(=O)c1ccc(NC(=O)CCSc2cc(C)c3cccc(C)c3n2)cc1. The van der Waals surface area contributed by atoms with E-state index < -0.39 is 0 Å². The molecule has 29 heavy (non-hydrogen) atoms. The molecule has 0 spiro atoms. The lowest BCUT2D eigenvalue weighted by atomic mass is 10.1. The number of thioether (sulfide) groups is 1. The van der Waals surface area contributed by atoms with Crippen LogP contribution in [0.1, 0.15) is 34.8 Å². The van der Waals surface area contributed by atoms with E-state index in [1.54, 1.807) is 43.0 Å². The number of amides is 1. The first-order valence-corrected chi connectivity index (χ1v) is 10.5. The van der Waals surface area contributed by atoms with Crippen LogP contribution < -0.4 is 5.32 Å². The molecule has 0 saturated heterocycles. The number of nitrogens with one attached hydrogen (secondary N) is 1. The Morgan fingerprint density at radius 2 is 1.83 bits per heavy atom. The molecule has 0 bridgehead atoms. The number of carbonyl (C=O) groups excluding carboxylic acids is 2. The highest BCUT2D eigenvalue weighted by molar-refractivity contribution is 7.99. The molecule has 0 aliphatic heterocycles. The summed E-state index contributed by atoms with van der Waals surface area (Å²) in [5.41, 5.74) is 4.47. The standard InChI is InChI=1S/C23H24N2O3S/c1-4-28-23(27)17-8-10-18(11-9-17)24-20(26)12-13-29-21-14-16(3)19-7-5-6-15(2)22(19)25-21/h5-11,14H,4,12-13H2,1-3H3,(H,24,26). The number of benzene rings is 2. The maximum absolute atomic E-state index is 12.2. The Morgan fingerprint density at radius 1 is 1.07 bits per heavy atom. The summed E-state index contributed by atoms with van der Waals surface area (Å²) in [4.78, 5) is 28.6. The molecule has 1 N–H and O–H groups in total. The van der Waals surface area contributed by atoms with Gasteiger partial charge in [-0.1, -0.05) is 18.2 Å². The summed E-state index contributed by atoms with van der Waals surface area (Å²) in [5, 5.41) is 4.94. The fourth-order valence-corrected chi connectivity index (χ4v) is 3.89. The fourth-order valence-electron chi connectivity index (χ4n) is 2.98. The molecule has 1 aromatic heterocycles. The number of para-hydroxylation sites is 1. The molecule has 0 unspecified atom stereocenters. The predicted octanol–water partition coefficient (Wildman–Crippen LogP) is 5.15. The van der Waals surface area contributed by atoms with Gasteiger partial charge in [-0.2, -0.15) is 0 Å². The van der Waals surface area contributed by atoms with Crippen LogP contribution in [-0.2, 0) is 9.53 Å². The summed E-state index contributed by atoms with van der Waals surface area (Å²) < 4.78 is 4.95. The van der Waals surface area contributed by atoms with Gasteiger partial charge in [0.1, 0.15) is 0 Å². The lowest BCUT2D eigenvalue weighted by molar-refractivity contribution is -0.115. The van der Waals surface area contributed by atoms with Gasteiger partial charge in [0.25, 0.3) is 0 Å². The normalized spacial score (nSPS) is 10.7. The van der Waals surface area contributed by atoms with E-state index in [0.29, 0.717) is 30.0 Å². The zero-order chi connectivity index (χ0) is 20.8. The van der Waals surface area contributed by atoms with Crippen molar-refractivity contribution in [1.29, 1.82) is 0 Å². The Bertz CT molecular complexity index is 1030. The molecule has 0 saturated carbocycles. The van der Waals surface area contributed by atoms with Gasteiger partial charge in [-0.15, -0.1) is 11.8 Å². The number of hydrogen-bond donors (Lipinski definition) is 1.